The molecule has 0 radical (unpaired) electrons. The van der Waals surface area contributed by atoms with E-state index in [1.54, 1.807) is 11.8 Å². The molecule has 0 saturated carbocycles. The normalized spacial score (nSPS) is 15.2. The average molecular weight is 326 g/mol. The lowest BCUT2D eigenvalue weighted by Gasteiger charge is -2.35. The Balaban J connectivity index is 0.00000242. The topological polar surface area (TPSA) is 61.4 Å². The lowest BCUT2D eigenvalue weighted by atomic mass is 10.0. The highest BCUT2D eigenvalue weighted by Crippen LogP contribution is 2.14. The highest BCUT2D eigenvalue weighted by Gasteiger charge is 2.33. The number of hydrogen-bond acceptors (Lipinski definition) is 3. The van der Waals surface area contributed by atoms with Gasteiger partial charge in [-0.3, -0.25) is 9.59 Å². The molecule has 0 aliphatic carbocycles. The minimum absolute atomic E-state index is 0. The second kappa shape index (κ2) is 8.76. The number of carbonyl (C=O) groups is 2. The Morgan fingerprint density at radius 2 is 1.95 bits per heavy atom. The van der Waals surface area contributed by atoms with Crippen LogP contribution in [0, 0.1) is 5.92 Å². The Bertz CT molecular complexity index is 491. The fourth-order valence-corrected chi connectivity index (χ4v) is 2.34. The molecule has 6 heteroatoms. The van der Waals surface area contributed by atoms with Gasteiger partial charge in [0.2, 0.25) is 11.8 Å². The molecule has 22 heavy (non-hydrogen) atoms. The van der Waals surface area contributed by atoms with Crippen molar-refractivity contribution in [2.75, 3.05) is 25.0 Å². The van der Waals surface area contributed by atoms with Crippen LogP contribution in [0.3, 0.4) is 0 Å². The van der Waals surface area contributed by atoms with Crippen LogP contribution in [-0.4, -0.2) is 42.4 Å². The maximum Gasteiger partial charge on any atom is 0.246 e. The zero-order valence-corrected chi connectivity index (χ0v) is 13.9. The number of nitrogens with zero attached hydrogens (tertiary/aromatic N) is 1. The van der Waals surface area contributed by atoms with Crippen molar-refractivity contribution < 1.29 is 9.59 Å². The number of rotatable bonds is 6. The number of carbonyl (C=O) groups excluding carboxylic acids is 2. The number of anilines is 1. The first-order chi connectivity index (χ1) is 10.1. The monoisotopic (exact) mass is 325 g/mol. The quantitative estimate of drug-likeness (QED) is 0.839. The molecule has 0 bridgehead atoms. The number of benzene rings is 1. The summed E-state index contributed by atoms with van der Waals surface area (Å²) < 4.78 is 0. The molecule has 0 spiro atoms. The van der Waals surface area contributed by atoms with Gasteiger partial charge in [-0.15, -0.1) is 12.4 Å². The van der Waals surface area contributed by atoms with Gasteiger partial charge in [0.1, 0.15) is 6.04 Å². The standard InChI is InChI=1S/C16H23N3O2.ClH/c1-3-9-19(16(21)13-10-17-11-13)12(2)15(20)18-14-7-5-4-6-8-14;/h4-8,12-13,17H,3,9-11H2,1-2H3,(H,18,20);1H. The van der Waals surface area contributed by atoms with E-state index in [-0.39, 0.29) is 30.1 Å². The second-order valence-corrected chi connectivity index (χ2v) is 5.42. The van der Waals surface area contributed by atoms with Gasteiger partial charge in [0.05, 0.1) is 5.92 Å². The van der Waals surface area contributed by atoms with Crippen LogP contribution in [0.15, 0.2) is 30.3 Å². The SMILES string of the molecule is CCCN(C(=O)C1CNC1)C(C)C(=O)Nc1ccccc1.Cl. The fourth-order valence-electron chi connectivity index (χ4n) is 2.34. The molecule has 1 aromatic carbocycles. The van der Waals surface area contributed by atoms with Gasteiger partial charge < -0.3 is 15.5 Å². The molecular formula is C16H24ClN3O2. The lowest BCUT2D eigenvalue weighted by Crippen LogP contribution is -2.56. The van der Waals surface area contributed by atoms with Gasteiger partial charge in [-0.05, 0) is 25.5 Å². The first-order valence-corrected chi connectivity index (χ1v) is 7.50. The van der Waals surface area contributed by atoms with Crippen molar-refractivity contribution in [3.05, 3.63) is 30.3 Å². The summed E-state index contributed by atoms with van der Waals surface area (Å²) in [5.74, 6) is -0.0508. The van der Waals surface area contributed by atoms with E-state index in [9.17, 15) is 9.59 Å². The molecule has 1 atom stereocenters. The van der Waals surface area contributed by atoms with Crippen LogP contribution >= 0.6 is 12.4 Å². The molecule has 1 aromatic rings. The van der Waals surface area contributed by atoms with Crippen LogP contribution in [0.25, 0.3) is 0 Å². The Hall–Kier alpha value is -1.59. The van der Waals surface area contributed by atoms with Crippen molar-refractivity contribution in [3.8, 4) is 0 Å². The molecule has 2 N–H and O–H groups in total. The third kappa shape index (κ3) is 4.45. The summed E-state index contributed by atoms with van der Waals surface area (Å²) in [5.41, 5.74) is 0.753. The molecule has 0 aromatic heterocycles. The summed E-state index contributed by atoms with van der Waals surface area (Å²) in [6, 6.07) is 8.86. The van der Waals surface area contributed by atoms with E-state index in [1.165, 1.54) is 0 Å². The highest BCUT2D eigenvalue weighted by atomic mass is 35.5. The summed E-state index contributed by atoms with van der Waals surface area (Å²) in [7, 11) is 0. The van der Waals surface area contributed by atoms with Crippen molar-refractivity contribution in [2.24, 2.45) is 5.92 Å². The number of nitrogens with one attached hydrogen (secondary N) is 2. The summed E-state index contributed by atoms with van der Waals surface area (Å²) in [5, 5.41) is 5.96. The van der Waals surface area contributed by atoms with Crippen LogP contribution in [-0.2, 0) is 9.59 Å². The van der Waals surface area contributed by atoms with E-state index in [1.807, 2.05) is 37.3 Å². The number of amides is 2. The molecule has 1 aliphatic rings. The summed E-state index contributed by atoms with van der Waals surface area (Å²) in [6.45, 7) is 5.84. The molecule has 5 nitrogen and oxygen atoms in total. The van der Waals surface area contributed by atoms with Gasteiger partial charge in [0.25, 0.3) is 0 Å². The first kappa shape index (κ1) is 18.5. The predicted molar refractivity (Wildman–Crippen MR) is 90.1 cm³/mol. The van der Waals surface area contributed by atoms with Gasteiger partial charge in [0.15, 0.2) is 0 Å². The zero-order chi connectivity index (χ0) is 15.2. The van der Waals surface area contributed by atoms with E-state index in [4.69, 9.17) is 0 Å². The smallest absolute Gasteiger partial charge is 0.246 e. The minimum atomic E-state index is -0.460. The van der Waals surface area contributed by atoms with Crippen LogP contribution in [0.2, 0.25) is 0 Å². The average Bonchev–Trinajstić information content (AvgIpc) is 2.43. The zero-order valence-electron chi connectivity index (χ0n) is 13.0. The molecule has 1 aliphatic heterocycles. The molecule has 2 amide bonds. The highest BCUT2D eigenvalue weighted by molar-refractivity contribution is 5.97. The van der Waals surface area contributed by atoms with Gasteiger partial charge in [0, 0.05) is 25.3 Å². The van der Waals surface area contributed by atoms with Crippen molar-refractivity contribution in [2.45, 2.75) is 26.3 Å². The predicted octanol–water partition coefficient (Wildman–Crippen LogP) is 1.89. The third-order valence-corrected chi connectivity index (χ3v) is 3.77. The van der Waals surface area contributed by atoms with Crippen molar-refractivity contribution >= 4 is 29.9 Å². The Labute approximate surface area is 137 Å². The Kier molecular flexibility index (Phi) is 7.35. The minimum Gasteiger partial charge on any atom is -0.331 e. The van der Waals surface area contributed by atoms with E-state index in [0.717, 1.165) is 12.1 Å². The Morgan fingerprint density at radius 3 is 2.45 bits per heavy atom. The molecule has 1 saturated heterocycles. The molecule has 2 rings (SSSR count). The van der Waals surface area contributed by atoms with E-state index in [2.05, 4.69) is 10.6 Å². The molecule has 1 unspecified atom stereocenters. The first-order valence-electron chi connectivity index (χ1n) is 7.50. The van der Waals surface area contributed by atoms with Gasteiger partial charge in [-0.25, -0.2) is 0 Å². The number of hydrogen-bond donors (Lipinski definition) is 2. The van der Waals surface area contributed by atoms with Crippen molar-refractivity contribution in [1.29, 1.82) is 0 Å². The maximum atomic E-state index is 12.4. The van der Waals surface area contributed by atoms with Gasteiger partial charge in [-0.1, -0.05) is 25.1 Å². The molecule has 1 fully saturated rings. The van der Waals surface area contributed by atoms with Crippen LogP contribution < -0.4 is 10.6 Å². The van der Waals surface area contributed by atoms with Gasteiger partial charge >= 0.3 is 0 Å². The Morgan fingerprint density at radius 1 is 1.32 bits per heavy atom. The largest absolute Gasteiger partial charge is 0.331 e. The van der Waals surface area contributed by atoms with E-state index >= 15 is 0 Å². The molecule has 1 heterocycles. The summed E-state index contributed by atoms with van der Waals surface area (Å²) in [6.07, 6.45) is 0.842. The third-order valence-electron chi connectivity index (χ3n) is 3.77. The van der Waals surface area contributed by atoms with Crippen molar-refractivity contribution in [3.63, 3.8) is 0 Å². The number of para-hydroxylation sites is 1. The lowest BCUT2D eigenvalue weighted by molar-refractivity contribution is -0.143. The van der Waals surface area contributed by atoms with E-state index in [0.29, 0.717) is 19.6 Å². The van der Waals surface area contributed by atoms with Gasteiger partial charge in [-0.2, -0.15) is 0 Å². The summed E-state index contributed by atoms with van der Waals surface area (Å²) in [4.78, 5) is 26.5. The molecular weight excluding hydrogens is 302 g/mol. The number of halogens is 1. The summed E-state index contributed by atoms with van der Waals surface area (Å²) >= 11 is 0. The maximum absolute atomic E-state index is 12.4. The van der Waals surface area contributed by atoms with Crippen LogP contribution in [0.1, 0.15) is 20.3 Å². The van der Waals surface area contributed by atoms with Crippen molar-refractivity contribution in [1.82, 2.24) is 10.2 Å². The van der Waals surface area contributed by atoms with E-state index < -0.39 is 6.04 Å². The molecule has 122 valence electrons. The second-order valence-electron chi connectivity index (χ2n) is 5.42. The van der Waals surface area contributed by atoms with Crippen LogP contribution in [0.4, 0.5) is 5.69 Å². The van der Waals surface area contributed by atoms with Crippen LogP contribution in [0.5, 0.6) is 0 Å². The fraction of sp³-hybridized carbons (Fsp3) is 0.500.